The van der Waals surface area contributed by atoms with Crippen LogP contribution in [0, 0.1) is 0 Å². The fourth-order valence-electron chi connectivity index (χ4n) is 1.71. The third kappa shape index (κ3) is 3.27. The molecule has 0 radical (unpaired) electrons. The molecule has 0 amide bonds. The van der Waals surface area contributed by atoms with Gasteiger partial charge in [-0.25, -0.2) is 8.42 Å². The zero-order chi connectivity index (χ0) is 14.8. The quantitative estimate of drug-likeness (QED) is 0.907. The Kier molecular flexibility index (Phi) is 3.94. The fraction of sp³-hybridized carbons (Fsp3) is 0.214. The second kappa shape index (κ2) is 5.50. The molecule has 5 nitrogen and oxygen atoms in total. The van der Waals surface area contributed by atoms with Gasteiger partial charge in [0.25, 0.3) is 10.0 Å². The zero-order valence-corrected chi connectivity index (χ0v) is 12.1. The molecule has 6 heteroatoms. The molecule has 0 fully saturated rings. The van der Waals surface area contributed by atoms with Crippen LogP contribution in [0.2, 0.25) is 0 Å². The molecular formula is C14H16N2O3S. The minimum Gasteiger partial charge on any atom is -0.328 e. The van der Waals surface area contributed by atoms with Gasteiger partial charge in [-0.2, -0.15) is 0 Å². The number of hydrogen-bond donors (Lipinski definition) is 2. The molecule has 2 aromatic rings. The van der Waals surface area contributed by atoms with Crippen LogP contribution in [0.1, 0.15) is 25.3 Å². The summed E-state index contributed by atoms with van der Waals surface area (Å²) < 4.78 is 26.7. The molecular weight excluding hydrogens is 276 g/mol. The van der Waals surface area contributed by atoms with E-state index in [1.807, 2.05) is 12.1 Å². The van der Waals surface area contributed by atoms with Gasteiger partial charge in [-0.3, -0.25) is 9.52 Å². The highest BCUT2D eigenvalue weighted by molar-refractivity contribution is 7.92. The van der Waals surface area contributed by atoms with Gasteiger partial charge in [0.05, 0.1) is 0 Å². The summed E-state index contributed by atoms with van der Waals surface area (Å²) in [6, 6.07) is 9.65. The topological polar surface area (TPSA) is 79.0 Å². The first kappa shape index (κ1) is 14.3. The lowest BCUT2D eigenvalue weighted by Crippen LogP contribution is -2.15. The van der Waals surface area contributed by atoms with E-state index in [0.717, 1.165) is 5.56 Å². The Labute approximate surface area is 117 Å². The first-order chi connectivity index (χ1) is 9.38. The molecule has 0 aliphatic heterocycles. The molecule has 20 heavy (non-hydrogen) atoms. The van der Waals surface area contributed by atoms with Gasteiger partial charge in [0, 0.05) is 18.0 Å². The van der Waals surface area contributed by atoms with Crippen LogP contribution in [0.25, 0.3) is 0 Å². The Bertz CT molecular complexity index is 726. The van der Waals surface area contributed by atoms with E-state index in [1.54, 1.807) is 12.1 Å². The molecule has 0 atom stereocenters. The summed E-state index contributed by atoms with van der Waals surface area (Å²) in [5.41, 5.74) is 1.28. The minimum absolute atomic E-state index is 0.0186. The predicted molar refractivity (Wildman–Crippen MR) is 78.4 cm³/mol. The van der Waals surface area contributed by atoms with Crippen LogP contribution in [-0.4, -0.2) is 13.4 Å². The summed E-state index contributed by atoms with van der Waals surface area (Å²) in [5.74, 6) is 0.389. The first-order valence-electron chi connectivity index (χ1n) is 6.20. The third-order valence-electron chi connectivity index (χ3n) is 2.90. The average Bonchev–Trinajstić information content (AvgIpc) is 2.39. The molecule has 0 aliphatic carbocycles. The number of rotatable bonds is 4. The largest absolute Gasteiger partial charge is 0.328 e. The number of hydrogen-bond acceptors (Lipinski definition) is 3. The number of aromatic nitrogens is 1. The second-order valence-electron chi connectivity index (χ2n) is 4.77. The van der Waals surface area contributed by atoms with Crippen molar-refractivity contribution in [2.75, 3.05) is 4.72 Å². The Hall–Kier alpha value is -2.08. The number of nitrogens with one attached hydrogen (secondary N) is 2. The Morgan fingerprint density at radius 1 is 1.05 bits per heavy atom. The van der Waals surface area contributed by atoms with E-state index in [0.29, 0.717) is 11.6 Å². The maximum Gasteiger partial charge on any atom is 0.263 e. The number of pyridine rings is 1. The molecule has 0 saturated carbocycles. The summed E-state index contributed by atoms with van der Waals surface area (Å²) in [5, 5.41) is 0. The van der Waals surface area contributed by atoms with Gasteiger partial charge in [-0.15, -0.1) is 0 Å². The van der Waals surface area contributed by atoms with Crippen LogP contribution in [0.15, 0.2) is 52.3 Å². The van der Waals surface area contributed by atoms with Crippen LogP contribution < -0.4 is 10.3 Å². The molecule has 0 saturated heterocycles. The molecule has 0 bridgehead atoms. The lowest BCUT2D eigenvalue weighted by atomic mass is 10.0. The van der Waals surface area contributed by atoms with E-state index in [2.05, 4.69) is 23.6 Å². The van der Waals surface area contributed by atoms with Crippen molar-refractivity contribution in [1.29, 1.82) is 0 Å². The van der Waals surface area contributed by atoms with Crippen LogP contribution in [0.5, 0.6) is 0 Å². The van der Waals surface area contributed by atoms with Gasteiger partial charge < -0.3 is 4.98 Å². The SMILES string of the molecule is CC(C)c1ccc(NS(=O)(=O)c2ccc(=O)[nH]c2)cc1. The lowest BCUT2D eigenvalue weighted by molar-refractivity contribution is 0.600. The maximum atomic E-state index is 12.1. The van der Waals surface area contributed by atoms with Gasteiger partial charge in [-0.1, -0.05) is 26.0 Å². The Morgan fingerprint density at radius 2 is 1.70 bits per heavy atom. The second-order valence-corrected chi connectivity index (χ2v) is 6.45. The predicted octanol–water partition coefficient (Wildman–Crippen LogP) is 2.30. The molecule has 1 heterocycles. The van der Waals surface area contributed by atoms with Gasteiger partial charge in [0.15, 0.2) is 0 Å². The lowest BCUT2D eigenvalue weighted by Gasteiger charge is -2.09. The molecule has 2 N–H and O–H groups in total. The highest BCUT2D eigenvalue weighted by Crippen LogP contribution is 2.19. The molecule has 1 aromatic heterocycles. The molecule has 0 aliphatic rings. The van der Waals surface area contributed by atoms with Crippen LogP contribution in [-0.2, 0) is 10.0 Å². The molecule has 1 aromatic carbocycles. The van der Waals surface area contributed by atoms with E-state index in [-0.39, 0.29) is 10.5 Å². The highest BCUT2D eigenvalue weighted by atomic mass is 32.2. The monoisotopic (exact) mass is 292 g/mol. The Balaban J connectivity index is 2.24. The van der Waals surface area contributed by atoms with Gasteiger partial charge >= 0.3 is 0 Å². The van der Waals surface area contributed by atoms with E-state index < -0.39 is 10.0 Å². The summed E-state index contributed by atoms with van der Waals surface area (Å²) in [4.78, 5) is 13.3. The van der Waals surface area contributed by atoms with E-state index in [1.165, 1.54) is 18.3 Å². The average molecular weight is 292 g/mol. The number of sulfonamides is 1. The highest BCUT2D eigenvalue weighted by Gasteiger charge is 2.14. The van der Waals surface area contributed by atoms with Crippen LogP contribution in [0.3, 0.4) is 0 Å². The van der Waals surface area contributed by atoms with Crippen molar-refractivity contribution in [3.05, 3.63) is 58.5 Å². The van der Waals surface area contributed by atoms with Crippen LogP contribution >= 0.6 is 0 Å². The van der Waals surface area contributed by atoms with Crippen molar-refractivity contribution in [2.45, 2.75) is 24.7 Å². The Morgan fingerprint density at radius 3 is 2.20 bits per heavy atom. The summed E-state index contributed by atoms with van der Waals surface area (Å²) >= 11 is 0. The van der Waals surface area contributed by atoms with E-state index in [9.17, 15) is 13.2 Å². The maximum absolute atomic E-state index is 12.1. The molecule has 106 valence electrons. The van der Waals surface area contributed by atoms with E-state index >= 15 is 0 Å². The van der Waals surface area contributed by atoms with Crippen molar-refractivity contribution in [3.63, 3.8) is 0 Å². The van der Waals surface area contributed by atoms with Gasteiger partial charge in [0.2, 0.25) is 5.56 Å². The standard InChI is InChI=1S/C14H16N2O3S/c1-10(2)11-3-5-12(6-4-11)16-20(18,19)13-7-8-14(17)15-9-13/h3-10,16H,1-2H3,(H,15,17). The van der Waals surface area contributed by atoms with Crippen molar-refractivity contribution in [2.24, 2.45) is 0 Å². The number of benzene rings is 1. The fourth-order valence-corrected chi connectivity index (χ4v) is 2.74. The molecule has 2 rings (SSSR count). The minimum atomic E-state index is -3.68. The molecule has 0 unspecified atom stereocenters. The first-order valence-corrected chi connectivity index (χ1v) is 7.68. The molecule has 0 spiro atoms. The number of aromatic amines is 1. The third-order valence-corrected chi connectivity index (χ3v) is 4.27. The van der Waals surface area contributed by atoms with E-state index in [4.69, 9.17) is 0 Å². The van der Waals surface area contributed by atoms with Gasteiger partial charge in [-0.05, 0) is 29.7 Å². The summed E-state index contributed by atoms with van der Waals surface area (Å²) in [7, 11) is -3.68. The number of anilines is 1. The summed E-state index contributed by atoms with van der Waals surface area (Å²) in [6.45, 7) is 4.14. The number of H-pyrrole nitrogens is 1. The van der Waals surface area contributed by atoms with Crippen molar-refractivity contribution in [3.8, 4) is 0 Å². The van der Waals surface area contributed by atoms with Crippen molar-refractivity contribution in [1.82, 2.24) is 4.98 Å². The zero-order valence-electron chi connectivity index (χ0n) is 11.3. The van der Waals surface area contributed by atoms with Crippen molar-refractivity contribution >= 4 is 15.7 Å². The van der Waals surface area contributed by atoms with Crippen molar-refractivity contribution < 1.29 is 8.42 Å². The van der Waals surface area contributed by atoms with Gasteiger partial charge in [0.1, 0.15) is 4.90 Å². The smallest absolute Gasteiger partial charge is 0.263 e. The van der Waals surface area contributed by atoms with Crippen LogP contribution in [0.4, 0.5) is 5.69 Å². The summed E-state index contributed by atoms with van der Waals surface area (Å²) in [6.07, 6.45) is 1.17. The normalized spacial score (nSPS) is 11.6.